The molecule has 0 spiro atoms. The number of Topliss-reactive ketones (excluding diaryl/α,β-unsaturated/α-hetero) is 1. The summed E-state index contributed by atoms with van der Waals surface area (Å²) in [6.07, 6.45) is 1.71. The lowest BCUT2D eigenvalue weighted by Gasteiger charge is -2.21. The molecule has 0 saturated carbocycles. The number of primary amides is 1. The molecule has 1 aliphatic carbocycles. The van der Waals surface area contributed by atoms with Gasteiger partial charge >= 0.3 is 6.09 Å². The number of amides is 3. The normalized spacial score (nSPS) is 13.8. The van der Waals surface area contributed by atoms with E-state index in [4.69, 9.17) is 10.5 Å². The van der Waals surface area contributed by atoms with E-state index < -0.39 is 24.0 Å². The number of unbranched alkanes of at least 4 members (excludes halogenated alkanes) is 1. The van der Waals surface area contributed by atoms with Gasteiger partial charge in [-0.2, -0.15) is 0 Å². The molecule has 0 fully saturated rings. The van der Waals surface area contributed by atoms with Gasteiger partial charge < -0.3 is 25.9 Å². The van der Waals surface area contributed by atoms with Gasteiger partial charge in [0, 0.05) is 24.8 Å². The van der Waals surface area contributed by atoms with Crippen LogP contribution in [-0.4, -0.2) is 42.9 Å². The molecule has 1 aliphatic rings. The van der Waals surface area contributed by atoms with Crippen molar-refractivity contribution in [2.75, 3.05) is 13.2 Å². The monoisotopic (exact) mass is 521 g/mol. The number of ketones is 1. The van der Waals surface area contributed by atoms with Crippen LogP contribution in [0.2, 0.25) is 0 Å². The molecule has 0 radical (unpaired) electrons. The average molecular weight is 522 g/mol. The van der Waals surface area contributed by atoms with Gasteiger partial charge in [0.25, 0.3) is 0 Å². The Balaban J connectivity index is 1.41. The molecule has 2 atom stereocenters. The molecule has 0 aromatic heterocycles. The van der Waals surface area contributed by atoms with E-state index in [0.717, 1.165) is 11.1 Å². The fourth-order valence-corrected chi connectivity index (χ4v) is 5.09. The molecule has 0 bridgehead atoms. The van der Waals surface area contributed by atoms with Gasteiger partial charge in [-0.15, -0.1) is 0 Å². The van der Waals surface area contributed by atoms with Crippen LogP contribution >= 0.6 is 0 Å². The van der Waals surface area contributed by atoms with E-state index in [2.05, 4.69) is 34.9 Å². The van der Waals surface area contributed by atoms with Crippen LogP contribution in [0.4, 0.5) is 4.79 Å². The number of ether oxygens (including phenoxy) is 1. The van der Waals surface area contributed by atoms with Gasteiger partial charge in [0.2, 0.25) is 11.8 Å². The second-order valence-electron chi connectivity index (χ2n) is 10.4. The lowest BCUT2D eigenvalue weighted by molar-refractivity contribution is -0.132. The Bertz CT molecular complexity index is 1100. The molecule has 3 rings (SSSR count). The van der Waals surface area contributed by atoms with E-state index in [1.807, 2.05) is 38.1 Å². The standard InChI is InChI=1S/C30H39N3O5/c1-19(2)16-21(17-20(3)34)29(36)33-27(28(31)35)14-8-9-15-32-30(37)38-18-26-24-12-6-4-10-22(24)23-11-5-7-13-25(23)26/h4-7,10-13,19,21,26-27H,8-9,14-18H2,1-3H3,(H2,31,35)(H,32,37)(H,33,36)/t21-,27+/m1/s1. The van der Waals surface area contributed by atoms with Gasteiger partial charge in [-0.1, -0.05) is 62.4 Å². The number of benzene rings is 2. The second-order valence-corrected chi connectivity index (χ2v) is 10.4. The number of hydrogen-bond donors (Lipinski definition) is 3. The van der Waals surface area contributed by atoms with Crippen LogP contribution in [-0.2, 0) is 19.1 Å². The van der Waals surface area contributed by atoms with E-state index in [9.17, 15) is 19.2 Å². The first kappa shape index (κ1) is 28.9. The number of alkyl carbamates (subject to hydrolysis) is 1. The van der Waals surface area contributed by atoms with E-state index in [-0.39, 0.29) is 36.6 Å². The third-order valence-corrected chi connectivity index (χ3v) is 6.85. The van der Waals surface area contributed by atoms with Crippen molar-refractivity contribution < 1.29 is 23.9 Å². The number of carbonyl (C=O) groups excluding carboxylic acids is 4. The van der Waals surface area contributed by atoms with Gasteiger partial charge in [0.1, 0.15) is 18.4 Å². The van der Waals surface area contributed by atoms with Crippen LogP contribution in [0, 0.1) is 11.8 Å². The zero-order valence-corrected chi connectivity index (χ0v) is 22.5. The first-order chi connectivity index (χ1) is 18.2. The predicted octanol–water partition coefficient (Wildman–Crippen LogP) is 4.31. The average Bonchev–Trinajstić information content (AvgIpc) is 3.19. The van der Waals surface area contributed by atoms with Crippen molar-refractivity contribution in [1.29, 1.82) is 0 Å². The van der Waals surface area contributed by atoms with Crippen molar-refractivity contribution in [2.24, 2.45) is 17.6 Å². The summed E-state index contributed by atoms with van der Waals surface area (Å²) in [4.78, 5) is 48.5. The quantitative estimate of drug-likeness (QED) is 0.319. The smallest absolute Gasteiger partial charge is 0.407 e. The largest absolute Gasteiger partial charge is 0.449 e. The number of nitrogens with two attached hydrogens (primary N) is 1. The van der Waals surface area contributed by atoms with E-state index >= 15 is 0 Å². The zero-order valence-electron chi connectivity index (χ0n) is 22.5. The van der Waals surface area contributed by atoms with Crippen molar-refractivity contribution in [3.05, 3.63) is 59.7 Å². The predicted molar refractivity (Wildman–Crippen MR) is 146 cm³/mol. The van der Waals surface area contributed by atoms with Crippen LogP contribution in [0.25, 0.3) is 11.1 Å². The highest BCUT2D eigenvalue weighted by Gasteiger charge is 2.29. The summed E-state index contributed by atoms with van der Waals surface area (Å²) >= 11 is 0. The number of fused-ring (bicyclic) bond motifs is 3. The molecule has 0 saturated heterocycles. The van der Waals surface area contributed by atoms with Crippen molar-refractivity contribution in [3.63, 3.8) is 0 Å². The molecule has 2 aromatic rings. The highest BCUT2D eigenvalue weighted by Crippen LogP contribution is 2.44. The van der Waals surface area contributed by atoms with E-state index in [0.29, 0.717) is 32.2 Å². The summed E-state index contributed by atoms with van der Waals surface area (Å²) in [5, 5.41) is 5.47. The molecular formula is C30H39N3O5. The third kappa shape index (κ3) is 7.91. The van der Waals surface area contributed by atoms with Gasteiger partial charge in [-0.3, -0.25) is 9.59 Å². The number of hydrogen-bond acceptors (Lipinski definition) is 5. The lowest BCUT2D eigenvalue weighted by atomic mass is 9.91. The van der Waals surface area contributed by atoms with Crippen LogP contribution in [0.15, 0.2) is 48.5 Å². The van der Waals surface area contributed by atoms with Gasteiger partial charge in [0.15, 0.2) is 0 Å². The van der Waals surface area contributed by atoms with Gasteiger partial charge in [-0.05, 0) is 60.8 Å². The highest BCUT2D eigenvalue weighted by molar-refractivity contribution is 5.90. The number of nitrogens with one attached hydrogen (secondary N) is 2. The fourth-order valence-electron chi connectivity index (χ4n) is 5.09. The Labute approximate surface area is 224 Å². The van der Waals surface area contributed by atoms with Crippen molar-refractivity contribution in [3.8, 4) is 11.1 Å². The summed E-state index contributed by atoms with van der Waals surface area (Å²) in [7, 11) is 0. The van der Waals surface area contributed by atoms with E-state index in [1.54, 1.807) is 0 Å². The van der Waals surface area contributed by atoms with Crippen LogP contribution < -0.4 is 16.4 Å². The number of rotatable bonds is 14. The van der Waals surface area contributed by atoms with Crippen molar-refractivity contribution >= 4 is 23.7 Å². The molecule has 38 heavy (non-hydrogen) atoms. The molecule has 8 heteroatoms. The molecule has 0 aliphatic heterocycles. The minimum absolute atomic E-state index is 0.00406. The second kappa shape index (κ2) is 13.7. The van der Waals surface area contributed by atoms with Gasteiger partial charge in [0.05, 0.1) is 0 Å². The van der Waals surface area contributed by atoms with Gasteiger partial charge in [-0.25, -0.2) is 4.79 Å². The van der Waals surface area contributed by atoms with Crippen LogP contribution in [0.3, 0.4) is 0 Å². The Morgan fingerprint density at radius 1 is 0.947 bits per heavy atom. The summed E-state index contributed by atoms with van der Waals surface area (Å²) in [6, 6.07) is 15.5. The molecule has 3 amide bonds. The lowest BCUT2D eigenvalue weighted by Crippen LogP contribution is -2.47. The summed E-state index contributed by atoms with van der Waals surface area (Å²) < 4.78 is 5.54. The number of carbonyl (C=O) groups is 4. The Kier molecular flexibility index (Phi) is 10.4. The SMILES string of the molecule is CC(=O)C[C@@H](CC(C)C)C(=O)N[C@@H](CCCCNC(=O)OCC1c2ccccc2-c2ccccc21)C(N)=O. The zero-order chi connectivity index (χ0) is 27.7. The third-order valence-electron chi connectivity index (χ3n) is 6.85. The summed E-state index contributed by atoms with van der Waals surface area (Å²) in [5.41, 5.74) is 10.2. The molecule has 4 N–H and O–H groups in total. The van der Waals surface area contributed by atoms with E-state index in [1.165, 1.54) is 18.1 Å². The maximum absolute atomic E-state index is 12.7. The molecule has 8 nitrogen and oxygen atoms in total. The topological polar surface area (TPSA) is 128 Å². The minimum Gasteiger partial charge on any atom is -0.449 e. The minimum atomic E-state index is -0.821. The van der Waals surface area contributed by atoms with Crippen molar-refractivity contribution in [1.82, 2.24) is 10.6 Å². The van der Waals surface area contributed by atoms with Crippen LogP contribution in [0.1, 0.15) is 69.9 Å². The Hall–Kier alpha value is -3.68. The first-order valence-corrected chi connectivity index (χ1v) is 13.3. The van der Waals surface area contributed by atoms with Crippen molar-refractivity contribution in [2.45, 2.75) is 64.8 Å². The molecule has 204 valence electrons. The Morgan fingerprint density at radius 2 is 1.55 bits per heavy atom. The molecule has 0 heterocycles. The fraction of sp³-hybridized carbons (Fsp3) is 0.467. The Morgan fingerprint density at radius 3 is 2.11 bits per heavy atom. The van der Waals surface area contributed by atoms with Crippen LogP contribution in [0.5, 0.6) is 0 Å². The highest BCUT2D eigenvalue weighted by atomic mass is 16.5. The molecule has 2 aromatic carbocycles. The first-order valence-electron chi connectivity index (χ1n) is 13.3. The maximum atomic E-state index is 12.7. The maximum Gasteiger partial charge on any atom is 0.407 e. The summed E-state index contributed by atoms with van der Waals surface area (Å²) in [6.45, 7) is 6.03. The molecule has 0 unspecified atom stereocenters. The summed E-state index contributed by atoms with van der Waals surface area (Å²) in [5.74, 6) is -1.26. The molecular weight excluding hydrogens is 482 g/mol.